The fraction of sp³-hybridized carbons (Fsp3) is 1.00. The summed E-state index contributed by atoms with van der Waals surface area (Å²) in [5, 5.41) is 0. The Bertz CT molecular complexity index is 12.4. The van der Waals surface area contributed by atoms with Gasteiger partial charge >= 0.3 is 0 Å². The van der Waals surface area contributed by atoms with Crippen molar-refractivity contribution in [2.45, 2.75) is 11.8 Å². The summed E-state index contributed by atoms with van der Waals surface area (Å²) in [4.78, 5) is -0.222. The molecule has 0 saturated heterocycles. The minimum atomic E-state index is -0.222. The summed E-state index contributed by atoms with van der Waals surface area (Å²) in [7, 11) is 0. The summed E-state index contributed by atoms with van der Waals surface area (Å²) in [6.45, 7) is 1.70. The molecule has 0 rings (SSSR count). The molecule has 0 atom stereocenters. The van der Waals surface area contributed by atoms with Crippen LogP contribution in [0, 0.1) is 0 Å². The molecule has 0 aromatic heterocycles. The second-order valence-corrected chi connectivity index (χ2v) is 2.05. The summed E-state index contributed by atoms with van der Waals surface area (Å²) in [6, 6.07) is 0. The Morgan fingerprint density at radius 2 is 1.40 bits per heavy atom. The number of alkyl halides is 2. The molecule has 0 aliphatic carbocycles. The number of rotatable bonds is 0. The van der Waals surface area contributed by atoms with Crippen LogP contribution in [0.3, 0.4) is 0 Å². The van der Waals surface area contributed by atoms with Crippen LogP contribution in [0.1, 0.15) is 6.92 Å². The van der Waals surface area contributed by atoms with Crippen molar-refractivity contribution < 1.29 is 4.70 Å². The maximum Gasteiger partial charge on any atom is 0.105 e. The Morgan fingerprint density at radius 3 is 1.40 bits per heavy atom. The Hall–Kier alpha value is 0.510. The molecule has 0 aliphatic rings. The maximum atomic E-state index is 5.04. The van der Waals surface area contributed by atoms with Gasteiger partial charge in [-0.2, -0.15) is 0 Å². The van der Waals surface area contributed by atoms with E-state index >= 15 is 0 Å². The lowest BCUT2D eigenvalue weighted by molar-refractivity contribution is 1.11. The van der Waals surface area contributed by atoms with Gasteiger partial charge in [0.25, 0.3) is 0 Å². The van der Waals surface area contributed by atoms with Crippen LogP contribution in [0.4, 0.5) is 4.70 Å². The maximum absolute atomic E-state index is 5.04. The summed E-state index contributed by atoms with van der Waals surface area (Å²) in [5.41, 5.74) is 0. The molecule has 0 saturated carbocycles. The van der Waals surface area contributed by atoms with Crippen LogP contribution in [0.25, 0.3) is 0 Å². The molecule has 0 heterocycles. The SMILES string of the molecule is CC(Cl)Cl.F. The highest BCUT2D eigenvalue weighted by Gasteiger charge is 1.75. The second-order valence-electron chi connectivity index (χ2n) is 0.519. The van der Waals surface area contributed by atoms with Crippen LogP contribution < -0.4 is 0 Å². The molecule has 0 N–H and O–H groups in total. The molecule has 0 aromatic rings. The van der Waals surface area contributed by atoms with Crippen molar-refractivity contribution >= 4 is 23.2 Å². The number of hydrogen-bond acceptors (Lipinski definition) is 0. The van der Waals surface area contributed by atoms with Crippen molar-refractivity contribution in [1.82, 2.24) is 0 Å². The van der Waals surface area contributed by atoms with Crippen LogP contribution in [0.15, 0.2) is 0 Å². The van der Waals surface area contributed by atoms with E-state index in [9.17, 15) is 0 Å². The van der Waals surface area contributed by atoms with E-state index in [1.165, 1.54) is 0 Å². The van der Waals surface area contributed by atoms with Gasteiger partial charge in [-0.05, 0) is 6.92 Å². The van der Waals surface area contributed by atoms with E-state index in [-0.39, 0.29) is 9.54 Å². The normalized spacial score (nSPS) is 7.20. The van der Waals surface area contributed by atoms with E-state index in [2.05, 4.69) is 0 Å². The molecule has 0 aliphatic heterocycles. The zero-order valence-corrected chi connectivity index (χ0v) is 4.25. The molecule has 0 bridgehead atoms. The lowest BCUT2D eigenvalue weighted by atomic mass is 11.0. The first-order chi connectivity index (χ1) is 1.73. The Kier molecular flexibility index (Phi) is 8.21. The van der Waals surface area contributed by atoms with E-state index in [1.54, 1.807) is 6.92 Å². The predicted molar refractivity (Wildman–Crippen MR) is 23.7 cm³/mol. The highest BCUT2D eigenvalue weighted by atomic mass is 35.5. The van der Waals surface area contributed by atoms with Crippen LogP contribution in [0.2, 0.25) is 0 Å². The van der Waals surface area contributed by atoms with Crippen LogP contribution in [0.5, 0.6) is 0 Å². The van der Waals surface area contributed by atoms with E-state index in [0.717, 1.165) is 0 Å². The Morgan fingerprint density at radius 1 is 1.40 bits per heavy atom. The minimum Gasteiger partial charge on any atom is -0.269 e. The Balaban J connectivity index is 0. The summed E-state index contributed by atoms with van der Waals surface area (Å²) >= 11 is 10.1. The standard InChI is InChI=1S/C2H4Cl2.FH/c1-2(3)4;/h2H,1H3;1H. The van der Waals surface area contributed by atoms with Crippen molar-refractivity contribution in [3.05, 3.63) is 0 Å². The topological polar surface area (TPSA) is 0 Å². The van der Waals surface area contributed by atoms with Crippen molar-refractivity contribution in [2.24, 2.45) is 0 Å². The average Bonchev–Trinajstić information content (AvgIpc) is 0.811. The van der Waals surface area contributed by atoms with Crippen LogP contribution in [-0.4, -0.2) is 4.84 Å². The summed E-state index contributed by atoms with van der Waals surface area (Å²) in [5.74, 6) is 0. The highest BCUT2D eigenvalue weighted by Crippen LogP contribution is 1.95. The zero-order valence-electron chi connectivity index (χ0n) is 2.74. The van der Waals surface area contributed by atoms with Crippen LogP contribution >= 0.6 is 23.2 Å². The third kappa shape index (κ3) is 109. The van der Waals surface area contributed by atoms with Gasteiger partial charge in [0, 0.05) is 0 Å². The first-order valence-electron chi connectivity index (χ1n) is 1.01. The fourth-order valence-electron chi connectivity index (χ4n) is 0. The number of hydrogen-bond donors (Lipinski definition) is 0. The predicted octanol–water partition coefficient (Wildman–Crippen LogP) is 1.96. The minimum absolute atomic E-state index is 0. The van der Waals surface area contributed by atoms with Gasteiger partial charge in [-0.15, -0.1) is 23.2 Å². The van der Waals surface area contributed by atoms with Crippen molar-refractivity contribution in [1.29, 1.82) is 0 Å². The molecule has 0 spiro atoms. The molecule has 0 nitrogen and oxygen atoms in total. The lowest BCUT2D eigenvalue weighted by Gasteiger charge is -1.72. The molecule has 5 heavy (non-hydrogen) atoms. The zero-order chi connectivity index (χ0) is 3.58. The third-order valence-electron chi connectivity index (χ3n) is 0. The molecular weight excluding hydrogens is 114 g/mol. The molecule has 0 unspecified atom stereocenters. The first kappa shape index (κ1) is 9.10. The third-order valence-corrected chi connectivity index (χ3v) is 0. The summed E-state index contributed by atoms with van der Waals surface area (Å²) in [6.07, 6.45) is 0. The fourth-order valence-corrected chi connectivity index (χ4v) is 0. The number of halogens is 3. The quantitative estimate of drug-likeness (QED) is 0.427. The van der Waals surface area contributed by atoms with Crippen molar-refractivity contribution in [2.75, 3.05) is 0 Å². The molecule has 3 heteroatoms. The van der Waals surface area contributed by atoms with Gasteiger partial charge in [0.15, 0.2) is 0 Å². The summed E-state index contributed by atoms with van der Waals surface area (Å²) < 4.78 is 0. The van der Waals surface area contributed by atoms with Gasteiger partial charge in [-0.25, -0.2) is 0 Å². The van der Waals surface area contributed by atoms with Gasteiger partial charge in [0.2, 0.25) is 0 Å². The van der Waals surface area contributed by atoms with E-state index in [1.807, 2.05) is 0 Å². The molecule has 0 aromatic carbocycles. The largest absolute Gasteiger partial charge is 0.269 e. The van der Waals surface area contributed by atoms with Gasteiger partial charge in [-0.3, -0.25) is 4.70 Å². The Labute approximate surface area is 40.4 Å². The van der Waals surface area contributed by atoms with Crippen molar-refractivity contribution in [3.63, 3.8) is 0 Å². The highest BCUT2D eigenvalue weighted by molar-refractivity contribution is 6.43. The molecule has 34 valence electrons. The second kappa shape index (κ2) is 4.51. The van der Waals surface area contributed by atoms with E-state index in [0.29, 0.717) is 0 Å². The van der Waals surface area contributed by atoms with Gasteiger partial charge < -0.3 is 0 Å². The van der Waals surface area contributed by atoms with Crippen molar-refractivity contribution in [3.8, 4) is 0 Å². The van der Waals surface area contributed by atoms with Gasteiger partial charge in [0.1, 0.15) is 4.84 Å². The van der Waals surface area contributed by atoms with Crippen LogP contribution in [-0.2, 0) is 0 Å². The smallest absolute Gasteiger partial charge is 0.105 e. The molecule has 0 amide bonds. The van der Waals surface area contributed by atoms with Gasteiger partial charge in [0.05, 0.1) is 0 Å². The average molecular weight is 119 g/mol. The van der Waals surface area contributed by atoms with E-state index in [4.69, 9.17) is 23.2 Å². The monoisotopic (exact) mass is 118 g/mol. The lowest BCUT2D eigenvalue weighted by Crippen LogP contribution is -1.63. The van der Waals surface area contributed by atoms with Gasteiger partial charge in [-0.1, -0.05) is 0 Å². The van der Waals surface area contributed by atoms with E-state index < -0.39 is 0 Å². The molecule has 0 radical (unpaired) electrons. The molecule has 0 fully saturated rings. The first-order valence-corrected chi connectivity index (χ1v) is 1.89. The molecular formula is C2H5Cl2F.